The van der Waals surface area contributed by atoms with Gasteiger partial charge in [0.25, 0.3) is 0 Å². The van der Waals surface area contributed by atoms with E-state index in [2.05, 4.69) is 16.4 Å². The van der Waals surface area contributed by atoms with Crippen LogP contribution < -0.4 is 5.32 Å². The quantitative estimate of drug-likeness (QED) is 0.783. The minimum absolute atomic E-state index is 0.196. The first kappa shape index (κ1) is 12.5. The summed E-state index contributed by atoms with van der Waals surface area (Å²) in [6, 6.07) is 3.94. The highest BCUT2D eigenvalue weighted by Crippen LogP contribution is 2.46. The molecule has 1 aliphatic rings. The molecule has 1 aliphatic carbocycles. The third kappa shape index (κ3) is 2.50. The Kier molecular flexibility index (Phi) is 4.12. The number of hydrogen-bond donors (Lipinski definition) is 1. The highest BCUT2D eigenvalue weighted by molar-refractivity contribution is 6.29. The van der Waals surface area contributed by atoms with E-state index in [4.69, 9.17) is 11.6 Å². The van der Waals surface area contributed by atoms with Gasteiger partial charge in [-0.1, -0.05) is 31.5 Å². The van der Waals surface area contributed by atoms with Gasteiger partial charge < -0.3 is 5.32 Å². The molecule has 1 fully saturated rings. The Balaban J connectivity index is 0.000000531. The van der Waals surface area contributed by atoms with Crippen molar-refractivity contribution >= 4 is 11.6 Å². The van der Waals surface area contributed by atoms with Crippen LogP contribution in [0.1, 0.15) is 37.9 Å². The summed E-state index contributed by atoms with van der Waals surface area (Å²) in [5.74, 6) is 0. The molecule has 0 bridgehead atoms. The van der Waals surface area contributed by atoms with Gasteiger partial charge in [0.15, 0.2) is 0 Å². The monoisotopic (exact) mass is 226 g/mol. The number of aryl methyl sites for hydroxylation is 1. The van der Waals surface area contributed by atoms with E-state index in [1.807, 2.05) is 33.9 Å². The van der Waals surface area contributed by atoms with Crippen molar-refractivity contribution in [3.8, 4) is 0 Å². The van der Waals surface area contributed by atoms with Gasteiger partial charge in [0.1, 0.15) is 5.15 Å². The van der Waals surface area contributed by atoms with Crippen LogP contribution in [0.5, 0.6) is 0 Å². The second-order valence-electron chi connectivity index (χ2n) is 3.60. The second-order valence-corrected chi connectivity index (χ2v) is 3.99. The number of aromatic nitrogens is 1. The van der Waals surface area contributed by atoms with Crippen LogP contribution in [-0.2, 0) is 5.54 Å². The third-order valence-electron chi connectivity index (χ3n) is 2.80. The van der Waals surface area contributed by atoms with Crippen LogP contribution in [0.15, 0.2) is 12.1 Å². The molecule has 0 radical (unpaired) electrons. The van der Waals surface area contributed by atoms with E-state index in [-0.39, 0.29) is 5.54 Å². The van der Waals surface area contributed by atoms with Crippen LogP contribution in [0, 0.1) is 6.92 Å². The van der Waals surface area contributed by atoms with Crippen molar-refractivity contribution in [2.24, 2.45) is 0 Å². The van der Waals surface area contributed by atoms with Gasteiger partial charge >= 0.3 is 0 Å². The highest BCUT2D eigenvalue weighted by atomic mass is 35.5. The SMILES string of the molecule is CC.CNC1(c2ccc(Cl)nc2C)CC1. The zero-order valence-electron chi connectivity index (χ0n) is 9.89. The molecular weight excluding hydrogens is 208 g/mol. The zero-order valence-corrected chi connectivity index (χ0v) is 10.7. The van der Waals surface area contributed by atoms with Crippen LogP contribution in [-0.4, -0.2) is 12.0 Å². The van der Waals surface area contributed by atoms with Crippen molar-refractivity contribution in [1.29, 1.82) is 0 Å². The first-order valence-corrected chi connectivity index (χ1v) is 5.88. The molecule has 1 heterocycles. The van der Waals surface area contributed by atoms with E-state index >= 15 is 0 Å². The van der Waals surface area contributed by atoms with E-state index in [1.165, 1.54) is 18.4 Å². The molecule has 0 aliphatic heterocycles. The third-order valence-corrected chi connectivity index (χ3v) is 3.01. The molecular formula is C12H19ClN2. The summed E-state index contributed by atoms with van der Waals surface area (Å²) in [5, 5.41) is 3.92. The second kappa shape index (κ2) is 4.95. The smallest absolute Gasteiger partial charge is 0.129 e. The molecule has 15 heavy (non-hydrogen) atoms. The average Bonchev–Trinajstić information content (AvgIpc) is 3.02. The Morgan fingerprint density at radius 2 is 1.93 bits per heavy atom. The van der Waals surface area contributed by atoms with Gasteiger partial charge in [-0.2, -0.15) is 0 Å². The lowest BCUT2D eigenvalue weighted by atomic mass is 10.0. The Bertz CT molecular complexity index is 332. The summed E-state index contributed by atoms with van der Waals surface area (Å²) < 4.78 is 0. The molecule has 0 spiro atoms. The summed E-state index contributed by atoms with van der Waals surface area (Å²) in [7, 11) is 2.00. The van der Waals surface area contributed by atoms with Crippen molar-refractivity contribution in [2.75, 3.05) is 7.05 Å². The first-order chi connectivity index (χ1) is 7.18. The Hall–Kier alpha value is -0.600. The lowest BCUT2D eigenvalue weighted by molar-refractivity contribution is 0.579. The molecule has 84 valence electrons. The summed E-state index contributed by atoms with van der Waals surface area (Å²) >= 11 is 5.80. The van der Waals surface area contributed by atoms with Crippen molar-refractivity contribution in [3.63, 3.8) is 0 Å². The van der Waals surface area contributed by atoms with Crippen molar-refractivity contribution < 1.29 is 0 Å². The van der Waals surface area contributed by atoms with Crippen molar-refractivity contribution in [1.82, 2.24) is 10.3 Å². The van der Waals surface area contributed by atoms with Crippen molar-refractivity contribution in [2.45, 2.75) is 39.2 Å². The molecule has 1 aromatic rings. The first-order valence-electron chi connectivity index (χ1n) is 5.50. The fourth-order valence-corrected chi connectivity index (χ4v) is 2.00. The molecule has 1 aromatic heterocycles. The van der Waals surface area contributed by atoms with Gasteiger partial charge in [-0.3, -0.25) is 0 Å². The molecule has 0 unspecified atom stereocenters. The average molecular weight is 227 g/mol. The standard InChI is InChI=1S/C10H13ClN2.C2H6/c1-7-8(3-4-9(11)13-7)10(12-2)5-6-10;1-2/h3-4,12H,5-6H2,1-2H3;1-2H3. The van der Waals surface area contributed by atoms with E-state index < -0.39 is 0 Å². The maximum absolute atomic E-state index is 5.80. The topological polar surface area (TPSA) is 24.9 Å². The van der Waals surface area contributed by atoms with Gasteiger partial charge in [0.2, 0.25) is 0 Å². The predicted molar refractivity (Wildman–Crippen MR) is 65.3 cm³/mol. The number of hydrogen-bond acceptors (Lipinski definition) is 2. The maximum Gasteiger partial charge on any atom is 0.129 e. The highest BCUT2D eigenvalue weighted by Gasteiger charge is 2.43. The summed E-state index contributed by atoms with van der Waals surface area (Å²) in [6.45, 7) is 6.01. The Morgan fingerprint density at radius 3 is 2.33 bits per heavy atom. The summed E-state index contributed by atoms with van der Waals surface area (Å²) in [5.41, 5.74) is 2.53. The zero-order chi connectivity index (χ0) is 11.5. The fourth-order valence-electron chi connectivity index (χ4n) is 1.82. The van der Waals surface area contributed by atoms with Gasteiger partial charge in [0, 0.05) is 11.2 Å². The number of pyridine rings is 1. The molecule has 2 nitrogen and oxygen atoms in total. The van der Waals surface area contributed by atoms with Gasteiger partial charge in [-0.05, 0) is 38.4 Å². The predicted octanol–water partition coefficient (Wildman–Crippen LogP) is 3.28. The van der Waals surface area contributed by atoms with Crippen LogP contribution in [0.3, 0.4) is 0 Å². The largest absolute Gasteiger partial charge is 0.310 e. The lowest BCUT2D eigenvalue weighted by Crippen LogP contribution is -2.25. The molecule has 0 saturated heterocycles. The minimum atomic E-state index is 0.196. The van der Waals surface area contributed by atoms with E-state index in [0.717, 1.165) is 5.69 Å². The van der Waals surface area contributed by atoms with Crippen molar-refractivity contribution in [3.05, 3.63) is 28.5 Å². The van der Waals surface area contributed by atoms with Crippen LogP contribution in [0.4, 0.5) is 0 Å². The number of nitrogens with one attached hydrogen (secondary N) is 1. The molecule has 1 N–H and O–H groups in total. The normalized spacial score (nSPS) is 16.6. The van der Waals surface area contributed by atoms with E-state index in [0.29, 0.717) is 5.15 Å². The van der Waals surface area contributed by atoms with Gasteiger partial charge in [0.05, 0.1) is 0 Å². The summed E-state index contributed by atoms with van der Waals surface area (Å²) in [6.07, 6.45) is 2.40. The molecule has 2 rings (SSSR count). The maximum atomic E-state index is 5.80. The van der Waals surface area contributed by atoms with Crippen LogP contribution in [0.25, 0.3) is 0 Å². The number of rotatable bonds is 2. The minimum Gasteiger partial charge on any atom is -0.310 e. The number of nitrogens with zero attached hydrogens (tertiary/aromatic N) is 1. The molecule has 3 heteroatoms. The fraction of sp³-hybridized carbons (Fsp3) is 0.583. The molecule has 0 amide bonds. The Labute approximate surface area is 97.1 Å². The molecule has 0 atom stereocenters. The number of halogens is 1. The van der Waals surface area contributed by atoms with E-state index in [9.17, 15) is 0 Å². The molecule has 0 aromatic carbocycles. The molecule has 1 saturated carbocycles. The lowest BCUT2D eigenvalue weighted by Gasteiger charge is -2.16. The van der Waals surface area contributed by atoms with Gasteiger partial charge in [-0.25, -0.2) is 4.98 Å². The Morgan fingerprint density at radius 1 is 1.33 bits per heavy atom. The summed E-state index contributed by atoms with van der Waals surface area (Å²) in [4.78, 5) is 4.25. The van der Waals surface area contributed by atoms with E-state index in [1.54, 1.807) is 0 Å². The van der Waals surface area contributed by atoms with Gasteiger partial charge in [-0.15, -0.1) is 0 Å². The van der Waals surface area contributed by atoms with Crippen LogP contribution in [0.2, 0.25) is 5.15 Å². The van der Waals surface area contributed by atoms with Crippen LogP contribution >= 0.6 is 11.6 Å².